The van der Waals surface area contributed by atoms with E-state index in [-0.39, 0.29) is 25.6 Å². The van der Waals surface area contributed by atoms with Gasteiger partial charge < -0.3 is 19.9 Å². The topological polar surface area (TPSA) is 83.9 Å². The Kier molecular flexibility index (Phi) is 8.27. The lowest BCUT2D eigenvalue weighted by molar-refractivity contribution is -0.122. The van der Waals surface area contributed by atoms with Gasteiger partial charge in [-0.05, 0) is 37.6 Å². The van der Waals surface area contributed by atoms with Gasteiger partial charge in [-0.25, -0.2) is 4.98 Å². The highest BCUT2D eigenvalue weighted by Gasteiger charge is 2.16. The van der Waals surface area contributed by atoms with Crippen LogP contribution in [0.25, 0.3) is 0 Å². The van der Waals surface area contributed by atoms with Crippen molar-refractivity contribution in [2.45, 2.75) is 32.2 Å². The maximum atomic E-state index is 12.2. The van der Waals surface area contributed by atoms with Gasteiger partial charge in [0.2, 0.25) is 11.8 Å². The zero-order valence-corrected chi connectivity index (χ0v) is 16.7. The molecule has 156 valence electrons. The minimum absolute atomic E-state index is 0.0617. The Balaban J connectivity index is 1.81. The molecule has 2 aromatic rings. The van der Waals surface area contributed by atoms with Gasteiger partial charge in [0.25, 0.3) is 0 Å². The number of amides is 1. The third kappa shape index (κ3) is 6.73. The van der Waals surface area contributed by atoms with E-state index < -0.39 is 0 Å². The smallest absolute Gasteiger partial charge is 0.234 e. The fourth-order valence-electron chi connectivity index (χ4n) is 3.28. The summed E-state index contributed by atoms with van der Waals surface area (Å²) in [5.41, 5.74) is 0.911. The van der Waals surface area contributed by atoms with Crippen molar-refractivity contribution in [1.82, 2.24) is 15.2 Å². The largest absolute Gasteiger partial charge is 0.490 e. The molecule has 0 saturated heterocycles. The van der Waals surface area contributed by atoms with E-state index in [1.807, 2.05) is 36.4 Å². The van der Waals surface area contributed by atoms with Crippen LogP contribution in [0.3, 0.4) is 0 Å². The van der Waals surface area contributed by atoms with E-state index in [0.29, 0.717) is 30.5 Å². The number of pyridine rings is 1. The van der Waals surface area contributed by atoms with Gasteiger partial charge in [0, 0.05) is 24.8 Å². The standard InChI is InChI=1S/C22H29N3O4/c26-14-12-23-21(27)17-25-13-5-1-2-6-15-28-19-9-3-4-10-20(19)29-22-18(16-25)8-7-11-24-22/h3-4,7-11,26H,1-2,5-6,12-17H2,(H,23,27). The summed E-state index contributed by atoms with van der Waals surface area (Å²) in [5.74, 6) is 1.77. The summed E-state index contributed by atoms with van der Waals surface area (Å²) >= 11 is 0. The predicted octanol–water partition coefficient (Wildman–Crippen LogP) is 2.74. The van der Waals surface area contributed by atoms with E-state index in [4.69, 9.17) is 14.6 Å². The Labute approximate surface area is 171 Å². The van der Waals surface area contributed by atoms with E-state index in [9.17, 15) is 4.79 Å². The molecular formula is C22H29N3O4. The van der Waals surface area contributed by atoms with Gasteiger partial charge in [0.15, 0.2) is 11.5 Å². The van der Waals surface area contributed by atoms with Crippen molar-refractivity contribution in [3.05, 3.63) is 48.2 Å². The summed E-state index contributed by atoms with van der Waals surface area (Å²) in [6.07, 6.45) is 5.83. The molecule has 2 heterocycles. The van der Waals surface area contributed by atoms with Crippen molar-refractivity contribution < 1.29 is 19.4 Å². The van der Waals surface area contributed by atoms with E-state index in [1.165, 1.54) is 0 Å². The number of benzene rings is 1. The zero-order chi connectivity index (χ0) is 20.3. The van der Waals surface area contributed by atoms with Crippen LogP contribution in [0.1, 0.15) is 31.2 Å². The fourth-order valence-corrected chi connectivity index (χ4v) is 3.28. The molecule has 0 saturated carbocycles. The van der Waals surface area contributed by atoms with Gasteiger partial charge in [-0.2, -0.15) is 0 Å². The molecule has 0 spiro atoms. The lowest BCUT2D eigenvalue weighted by atomic mass is 10.1. The summed E-state index contributed by atoms with van der Waals surface area (Å²) < 4.78 is 12.0. The van der Waals surface area contributed by atoms with Crippen LogP contribution in [-0.2, 0) is 11.3 Å². The van der Waals surface area contributed by atoms with E-state index in [1.54, 1.807) is 6.20 Å². The van der Waals surface area contributed by atoms with Gasteiger partial charge in [0.05, 0.1) is 19.8 Å². The molecule has 0 radical (unpaired) electrons. The number of hydrogen-bond donors (Lipinski definition) is 2. The van der Waals surface area contributed by atoms with Crippen molar-refractivity contribution in [3.8, 4) is 17.4 Å². The molecule has 0 aliphatic carbocycles. The molecule has 29 heavy (non-hydrogen) atoms. The first kappa shape index (κ1) is 21.1. The Morgan fingerprint density at radius 1 is 1.10 bits per heavy atom. The first-order chi connectivity index (χ1) is 14.3. The van der Waals surface area contributed by atoms with E-state index >= 15 is 0 Å². The highest BCUT2D eigenvalue weighted by Crippen LogP contribution is 2.32. The molecule has 2 N–H and O–H groups in total. The monoisotopic (exact) mass is 399 g/mol. The van der Waals surface area contributed by atoms with Crippen molar-refractivity contribution in [3.63, 3.8) is 0 Å². The quantitative estimate of drug-likeness (QED) is 0.823. The summed E-state index contributed by atoms with van der Waals surface area (Å²) in [6, 6.07) is 11.5. The first-order valence-electron chi connectivity index (χ1n) is 10.2. The molecular weight excluding hydrogens is 370 g/mol. The number of aliphatic hydroxyl groups excluding tert-OH is 1. The van der Waals surface area contributed by atoms with Crippen molar-refractivity contribution in [2.24, 2.45) is 0 Å². The average Bonchev–Trinajstić information content (AvgIpc) is 2.73. The predicted molar refractivity (Wildman–Crippen MR) is 110 cm³/mol. The molecule has 0 bridgehead atoms. The maximum Gasteiger partial charge on any atom is 0.234 e. The number of carbonyl (C=O) groups excluding carboxylic acids is 1. The van der Waals surface area contributed by atoms with Crippen molar-refractivity contribution >= 4 is 5.91 Å². The number of para-hydroxylation sites is 2. The van der Waals surface area contributed by atoms with Crippen LogP contribution in [0.15, 0.2) is 42.6 Å². The minimum Gasteiger partial charge on any atom is -0.490 e. The molecule has 7 nitrogen and oxygen atoms in total. The molecule has 1 aromatic carbocycles. The number of ether oxygens (including phenoxy) is 2. The van der Waals surface area contributed by atoms with Crippen LogP contribution in [0.4, 0.5) is 0 Å². The lowest BCUT2D eigenvalue weighted by Gasteiger charge is -2.23. The normalized spacial score (nSPS) is 15.8. The molecule has 1 amide bonds. The highest BCUT2D eigenvalue weighted by molar-refractivity contribution is 5.78. The molecule has 1 aliphatic heterocycles. The van der Waals surface area contributed by atoms with Gasteiger partial charge >= 0.3 is 0 Å². The second-order valence-electron chi connectivity index (χ2n) is 7.06. The van der Waals surface area contributed by atoms with Gasteiger partial charge in [-0.15, -0.1) is 0 Å². The molecule has 0 fully saturated rings. The number of hydrogen-bond acceptors (Lipinski definition) is 6. The average molecular weight is 399 g/mol. The number of aliphatic hydroxyl groups is 1. The molecule has 0 unspecified atom stereocenters. The Morgan fingerprint density at radius 2 is 1.93 bits per heavy atom. The number of nitrogens with one attached hydrogen (secondary N) is 1. The third-order valence-corrected chi connectivity index (χ3v) is 4.73. The SMILES string of the molecule is O=C(CN1CCCCCCOc2ccccc2Oc2ncccc2C1)NCCO. The number of aromatic nitrogens is 1. The second-order valence-corrected chi connectivity index (χ2v) is 7.06. The van der Waals surface area contributed by atoms with Crippen LogP contribution in [-0.4, -0.2) is 53.7 Å². The number of nitrogens with zero attached hydrogens (tertiary/aromatic N) is 2. The highest BCUT2D eigenvalue weighted by atomic mass is 16.5. The van der Waals surface area contributed by atoms with Crippen LogP contribution < -0.4 is 14.8 Å². The minimum atomic E-state index is -0.0923. The van der Waals surface area contributed by atoms with Gasteiger partial charge in [-0.3, -0.25) is 9.69 Å². The zero-order valence-electron chi connectivity index (χ0n) is 16.7. The molecule has 1 aliphatic rings. The van der Waals surface area contributed by atoms with Crippen LogP contribution in [0.2, 0.25) is 0 Å². The van der Waals surface area contributed by atoms with Crippen molar-refractivity contribution in [2.75, 3.05) is 32.8 Å². The molecule has 1 aromatic heterocycles. The van der Waals surface area contributed by atoms with Gasteiger partial charge in [0.1, 0.15) is 0 Å². The summed E-state index contributed by atoms with van der Waals surface area (Å²) in [4.78, 5) is 18.7. The summed E-state index contributed by atoms with van der Waals surface area (Å²) in [7, 11) is 0. The molecule has 3 rings (SSSR count). The number of rotatable bonds is 4. The van der Waals surface area contributed by atoms with Crippen LogP contribution in [0, 0.1) is 0 Å². The van der Waals surface area contributed by atoms with Crippen LogP contribution >= 0.6 is 0 Å². The van der Waals surface area contributed by atoms with E-state index in [0.717, 1.165) is 37.8 Å². The fraction of sp³-hybridized carbons (Fsp3) is 0.455. The lowest BCUT2D eigenvalue weighted by Crippen LogP contribution is -2.38. The van der Waals surface area contributed by atoms with Crippen molar-refractivity contribution in [1.29, 1.82) is 0 Å². The molecule has 7 heteroatoms. The number of fused-ring (bicyclic) bond motifs is 2. The Bertz CT molecular complexity index is 784. The second kappa shape index (κ2) is 11.4. The van der Waals surface area contributed by atoms with E-state index in [2.05, 4.69) is 15.2 Å². The van der Waals surface area contributed by atoms with Gasteiger partial charge in [-0.1, -0.05) is 31.0 Å². The summed E-state index contributed by atoms with van der Waals surface area (Å²) in [5, 5.41) is 11.7. The first-order valence-corrected chi connectivity index (χ1v) is 10.2. The Hall–Kier alpha value is -2.64. The Morgan fingerprint density at radius 3 is 2.79 bits per heavy atom. The maximum absolute atomic E-state index is 12.2. The number of carbonyl (C=O) groups is 1. The molecule has 0 atom stereocenters. The van der Waals surface area contributed by atoms with Crippen LogP contribution in [0.5, 0.6) is 17.4 Å². The summed E-state index contributed by atoms with van der Waals surface area (Å²) in [6.45, 7) is 2.48. The third-order valence-electron chi connectivity index (χ3n) is 4.73.